The topological polar surface area (TPSA) is 51.0 Å². The highest BCUT2D eigenvalue weighted by Gasteiger charge is 2.29. The van der Waals surface area contributed by atoms with Crippen LogP contribution in [0.4, 0.5) is 0 Å². The Morgan fingerprint density at radius 1 is 1.26 bits per heavy atom. The molecule has 3 heterocycles. The van der Waals surface area contributed by atoms with Gasteiger partial charge in [-0.1, -0.05) is 0 Å². The van der Waals surface area contributed by atoms with Crippen molar-refractivity contribution in [1.29, 1.82) is 0 Å². The number of aromatic nitrogens is 3. The first-order valence-corrected chi connectivity index (χ1v) is 9.34. The van der Waals surface area contributed by atoms with Crippen molar-refractivity contribution >= 4 is 17.2 Å². The lowest BCUT2D eigenvalue weighted by atomic mass is 9.93. The molecule has 5 nitrogen and oxygen atoms in total. The maximum atomic E-state index is 12.9. The van der Waals surface area contributed by atoms with Crippen LogP contribution in [-0.2, 0) is 19.9 Å². The number of hydrogen-bond acceptors (Lipinski definition) is 4. The first-order chi connectivity index (χ1) is 11.2. The molecule has 0 N–H and O–H groups in total. The molecule has 0 unspecified atom stereocenters. The van der Waals surface area contributed by atoms with Crippen LogP contribution in [0.15, 0.2) is 11.7 Å². The van der Waals surface area contributed by atoms with Gasteiger partial charge in [0.1, 0.15) is 12.2 Å². The highest BCUT2D eigenvalue weighted by Crippen LogP contribution is 2.32. The van der Waals surface area contributed by atoms with E-state index in [1.807, 2.05) is 16.5 Å². The number of piperidine rings is 1. The summed E-state index contributed by atoms with van der Waals surface area (Å²) in [4.78, 5) is 16.4. The number of hydrogen-bond donors (Lipinski definition) is 0. The zero-order valence-corrected chi connectivity index (χ0v) is 14.3. The number of carbonyl (C=O) groups excluding carboxylic acids is 1. The van der Waals surface area contributed by atoms with E-state index in [9.17, 15) is 4.79 Å². The van der Waals surface area contributed by atoms with Gasteiger partial charge in [0, 0.05) is 36.3 Å². The molecule has 1 amide bonds. The van der Waals surface area contributed by atoms with E-state index in [-0.39, 0.29) is 5.91 Å². The van der Waals surface area contributed by atoms with Crippen molar-refractivity contribution in [3.05, 3.63) is 33.5 Å². The second-order valence-electron chi connectivity index (χ2n) is 6.62. The van der Waals surface area contributed by atoms with Crippen molar-refractivity contribution in [3.63, 3.8) is 0 Å². The molecule has 0 saturated carbocycles. The second kappa shape index (κ2) is 6.07. The fraction of sp³-hybridized carbons (Fsp3) is 0.588. The average Bonchev–Trinajstić information content (AvgIpc) is 3.20. The summed E-state index contributed by atoms with van der Waals surface area (Å²) in [7, 11) is 1.99. The van der Waals surface area contributed by atoms with Gasteiger partial charge >= 0.3 is 0 Å². The largest absolute Gasteiger partial charge is 0.339 e. The molecule has 23 heavy (non-hydrogen) atoms. The van der Waals surface area contributed by atoms with Gasteiger partial charge in [0.2, 0.25) is 0 Å². The van der Waals surface area contributed by atoms with E-state index in [1.54, 1.807) is 17.7 Å². The van der Waals surface area contributed by atoms with Crippen LogP contribution in [-0.4, -0.2) is 38.7 Å². The Kier molecular flexibility index (Phi) is 3.93. The monoisotopic (exact) mass is 330 g/mol. The van der Waals surface area contributed by atoms with E-state index >= 15 is 0 Å². The Labute approximate surface area is 140 Å². The maximum Gasteiger partial charge on any atom is 0.254 e. The number of carbonyl (C=O) groups is 1. The van der Waals surface area contributed by atoms with Gasteiger partial charge in [0.15, 0.2) is 0 Å². The van der Waals surface area contributed by atoms with Crippen molar-refractivity contribution in [2.45, 2.75) is 44.4 Å². The van der Waals surface area contributed by atoms with Crippen LogP contribution < -0.4 is 0 Å². The van der Waals surface area contributed by atoms with Gasteiger partial charge in [-0.05, 0) is 44.1 Å². The van der Waals surface area contributed by atoms with E-state index < -0.39 is 0 Å². The summed E-state index contributed by atoms with van der Waals surface area (Å²) in [5.74, 6) is 1.70. The van der Waals surface area contributed by atoms with Crippen LogP contribution in [0.25, 0.3) is 0 Å². The predicted molar refractivity (Wildman–Crippen MR) is 89.8 cm³/mol. The maximum absolute atomic E-state index is 12.9. The summed E-state index contributed by atoms with van der Waals surface area (Å²) in [6.07, 6.45) is 8.43. The Morgan fingerprint density at radius 2 is 2.04 bits per heavy atom. The van der Waals surface area contributed by atoms with E-state index in [0.29, 0.717) is 5.92 Å². The molecule has 0 radical (unpaired) electrons. The lowest BCUT2D eigenvalue weighted by molar-refractivity contribution is 0.0709. The molecule has 2 aromatic rings. The second-order valence-corrected chi connectivity index (χ2v) is 7.59. The SMILES string of the molecule is Cn1cnnc1C1CCN(C(=O)c2csc3c2CCCC3)CC1. The third-order valence-corrected chi connectivity index (χ3v) is 6.27. The van der Waals surface area contributed by atoms with Gasteiger partial charge in [-0.25, -0.2) is 0 Å². The Morgan fingerprint density at radius 3 is 2.78 bits per heavy atom. The molecule has 0 spiro atoms. The number of amides is 1. The van der Waals surface area contributed by atoms with Crippen LogP contribution >= 0.6 is 11.3 Å². The number of fused-ring (bicyclic) bond motifs is 1. The van der Waals surface area contributed by atoms with Gasteiger partial charge in [-0.2, -0.15) is 0 Å². The molecule has 1 fully saturated rings. The average molecular weight is 330 g/mol. The van der Waals surface area contributed by atoms with Crippen molar-refractivity contribution < 1.29 is 4.79 Å². The van der Waals surface area contributed by atoms with E-state index in [4.69, 9.17) is 0 Å². The smallest absolute Gasteiger partial charge is 0.254 e. The van der Waals surface area contributed by atoms with Crippen LogP contribution in [0.2, 0.25) is 0 Å². The quantitative estimate of drug-likeness (QED) is 0.851. The zero-order valence-electron chi connectivity index (χ0n) is 13.5. The molecule has 122 valence electrons. The molecule has 0 aromatic carbocycles. The van der Waals surface area contributed by atoms with Gasteiger partial charge in [-0.3, -0.25) is 4.79 Å². The standard InChI is InChI=1S/C17H22N4OS/c1-20-11-18-19-16(20)12-6-8-21(9-7-12)17(22)14-10-23-15-5-3-2-4-13(14)15/h10-12H,2-9H2,1H3. The lowest BCUT2D eigenvalue weighted by Gasteiger charge is -2.31. The highest BCUT2D eigenvalue weighted by molar-refractivity contribution is 7.10. The molecule has 2 aromatic heterocycles. The van der Waals surface area contributed by atoms with E-state index in [2.05, 4.69) is 15.6 Å². The molecule has 0 atom stereocenters. The highest BCUT2D eigenvalue weighted by atomic mass is 32.1. The first kappa shape index (κ1) is 14.9. The first-order valence-electron chi connectivity index (χ1n) is 8.46. The molecule has 0 bridgehead atoms. The predicted octanol–water partition coefficient (Wildman–Crippen LogP) is 2.78. The lowest BCUT2D eigenvalue weighted by Crippen LogP contribution is -2.38. The van der Waals surface area contributed by atoms with Crippen LogP contribution in [0.1, 0.15) is 58.2 Å². The van der Waals surface area contributed by atoms with Crippen molar-refractivity contribution in [3.8, 4) is 0 Å². The fourth-order valence-electron chi connectivity index (χ4n) is 3.85. The summed E-state index contributed by atoms with van der Waals surface area (Å²) in [6.45, 7) is 1.64. The summed E-state index contributed by atoms with van der Waals surface area (Å²) in [6, 6.07) is 0. The van der Waals surface area contributed by atoms with Crippen molar-refractivity contribution in [2.75, 3.05) is 13.1 Å². The zero-order chi connectivity index (χ0) is 15.8. The Hall–Kier alpha value is -1.69. The summed E-state index contributed by atoms with van der Waals surface area (Å²) < 4.78 is 2.00. The molecule has 1 saturated heterocycles. The number of thiophene rings is 1. The van der Waals surface area contributed by atoms with Gasteiger partial charge < -0.3 is 9.47 Å². The van der Waals surface area contributed by atoms with Crippen molar-refractivity contribution in [2.24, 2.45) is 7.05 Å². The minimum Gasteiger partial charge on any atom is -0.339 e. The number of aryl methyl sites for hydroxylation is 2. The Bertz CT molecular complexity index is 712. The van der Waals surface area contributed by atoms with Crippen LogP contribution in [0, 0.1) is 0 Å². The fourth-order valence-corrected chi connectivity index (χ4v) is 4.97. The summed E-state index contributed by atoms with van der Waals surface area (Å²) in [5, 5.41) is 10.3. The molecule has 6 heteroatoms. The molecule has 4 rings (SSSR count). The third kappa shape index (κ3) is 2.69. The molecule has 2 aliphatic rings. The van der Waals surface area contributed by atoms with Crippen LogP contribution in [0.5, 0.6) is 0 Å². The van der Waals surface area contributed by atoms with Crippen LogP contribution in [0.3, 0.4) is 0 Å². The number of likely N-dealkylation sites (tertiary alicyclic amines) is 1. The Balaban J connectivity index is 1.45. The van der Waals surface area contributed by atoms with E-state index in [1.165, 1.54) is 23.3 Å². The molecule has 1 aliphatic heterocycles. The number of rotatable bonds is 2. The summed E-state index contributed by atoms with van der Waals surface area (Å²) in [5.41, 5.74) is 2.31. The normalized spacial score (nSPS) is 18.9. The molecular formula is C17H22N4OS. The third-order valence-electron chi connectivity index (χ3n) is 5.19. The minimum absolute atomic E-state index is 0.237. The number of nitrogens with zero attached hydrogens (tertiary/aromatic N) is 4. The van der Waals surface area contributed by atoms with Gasteiger partial charge in [-0.15, -0.1) is 21.5 Å². The minimum atomic E-state index is 0.237. The van der Waals surface area contributed by atoms with Gasteiger partial charge in [0.05, 0.1) is 5.56 Å². The van der Waals surface area contributed by atoms with Crippen molar-refractivity contribution in [1.82, 2.24) is 19.7 Å². The summed E-state index contributed by atoms with van der Waals surface area (Å²) >= 11 is 1.78. The van der Waals surface area contributed by atoms with Gasteiger partial charge in [0.25, 0.3) is 5.91 Å². The molecular weight excluding hydrogens is 308 g/mol. The van der Waals surface area contributed by atoms with E-state index in [0.717, 1.165) is 50.2 Å². The molecule has 1 aliphatic carbocycles.